The van der Waals surface area contributed by atoms with Crippen molar-refractivity contribution in [2.24, 2.45) is 23.7 Å². The van der Waals surface area contributed by atoms with Crippen LogP contribution in [0.4, 0.5) is 0 Å². The first-order valence-corrected chi connectivity index (χ1v) is 13.8. The van der Waals surface area contributed by atoms with Gasteiger partial charge in [0.25, 0.3) is 0 Å². The monoisotopic (exact) mass is 511 g/mol. The third kappa shape index (κ3) is 3.61. The van der Waals surface area contributed by atoms with E-state index in [4.69, 9.17) is 28.7 Å². The molecule has 37 heavy (non-hydrogen) atoms. The Balaban J connectivity index is 1.08. The summed E-state index contributed by atoms with van der Waals surface area (Å²) in [6.45, 7) is 7.60. The molecule has 8 atom stereocenters. The highest BCUT2D eigenvalue weighted by molar-refractivity contribution is 5.69. The molecule has 0 N–H and O–H groups in total. The number of ether oxygens (including phenoxy) is 4. The van der Waals surface area contributed by atoms with E-state index in [1.54, 1.807) is 7.11 Å². The molecule has 0 amide bonds. The summed E-state index contributed by atoms with van der Waals surface area (Å²) in [5.74, 6) is 1.37. The van der Waals surface area contributed by atoms with Crippen LogP contribution >= 0.6 is 0 Å². The largest absolute Gasteiger partial charge is 0.497 e. The Labute approximate surface area is 217 Å². The van der Waals surface area contributed by atoms with Crippen molar-refractivity contribution in [1.82, 2.24) is 15.0 Å². The SMILES string of the molecule is COc1ccc2c(c1)-c1nnn(CCOC3O[C@@H]4O[C@@]5(C)CC[C@H]6[C@H](C)CC[C@@H]([C@H]3C)[C@@]46OO5)c1CC2. The molecular weight excluding hydrogens is 474 g/mol. The van der Waals surface area contributed by atoms with E-state index in [0.29, 0.717) is 25.0 Å². The lowest BCUT2D eigenvalue weighted by Gasteiger charge is -2.60. The minimum Gasteiger partial charge on any atom is -0.497 e. The number of hydrogen-bond acceptors (Lipinski definition) is 8. The average Bonchev–Trinajstić information content (AvgIpc) is 3.19. The first-order valence-electron chi connectivity index (χ1n) is 13.8. The molecular formula is C28H37N3O6. The number of aromatic nitrogens is 3. The molecule has 4 aliphatic heterocycles. The summed E-state index contributed by atoms with van der Waals surface area (Å²) >= 11 is 0. The first-order chi connectivity index (χ1) is 17.9. The second-order valence-corrected chi connectivity index (χ2v) is 11.8. The van der Waals surface area contributed by atoms with Gasteiger partial charge in [0.1, 0.15) is 11.4 Å². The lowest BCUT2D eigenvalue weighted by atomic mass is 9.58. The molecule has 9 heteroatoms. The van der Waals surface area contributed by atoms with Gasteiger partial charge in [-0.3, -0.25) is 0 Å². The zero-order valence-electron chi connectivity index (χ0n) is 22.1. The Morgan fingerprint density at radius 2 is 2.00 bits per heavy atom. The van der Waals surface area contributed by atoms with E-state index in [2.05, 4.69) is 36.3 Å². The third-order valence-electron chi connectivity index (χ3n) is 9.72. The van der Waals surface area contributed by atoms with Crippen LogP contribution in [-0.4, -0.2) is 52.7 Å². The summed E-state index contributed by atoms with van der Waals surface area (Å²) in [6.07, 6.45) is 5.09. The molecule has 2 aliphatic carbocycles. The highest BCUT2D eigenvalue weighted by atomic mass is 17.3. The van der Waals surface area contributed by atoms with Crippen LogP contribution in [0.25, 0.3) is 11.3 Å². The predicted molar refractivity (Wildman–Crippen MR) is 132 cm³/mol. The quantitative estimate of drug-likeness (QED) is 0.550. The fourth-order valence-corrected chi connectivity index (χ4v) is 7.66. The van der Waals surface area contributed by atoms with Gasteiger partial charge < -0.3 is 18.9 Å². The van der Waals surface area contributed by atoms with Gasteiger partial charge in [0, 0.05) is 23.8 Å². The lowest BCUT2D eigenvalue weighted by molar-refractivity contribution is -0.577. The molecule has 9 nitrogen and oxygen atoms in total. The molecule has 0 radical (unpaired) electrons. The maximum Gasteiger partial charge on any atom is 0.201 e. The van der Waals surface area contributed by atoms with Crippen molar-refractivity contribution in [2.75, 3.05) is 13.7 Å². The average molecular weight is 512 g/mol. The minimum absolute atomic E-state index is 0.157. The molecule has 1 saturated carbocycles. The maximum atomic E-state index is 6.55. The predicted octanol–water partition coefficient (Wildman–Crippen LogP) is 4.28. The zero-order valence-corrected chi connectivity index (χ0v) is 22.1. The third-order valence-corrected chi connectivity index (χ3v) is 9.72. The van der Waals surface area contributed by atoms with Crippen LogP contribution in [0.3, 0.4) is 0 Å². The molecule has 1 aromatic heterocycles. The van der Waals surface area contributed by atoms with Gasteiger partial charge in [-0.25, -0.2) is 14.5 Å². The lowest BCUT2D eigenvalue weighted by Crippen LogP contribution is -2.70. The Hall–Kier alpha value is -2.04. The van der Waals surface area contributed by atoms with Crippen LogP contribution in [0.5, 0.6) is 5.75 Å². The smallest absolute Gasteiger partial charge is 0.201 e. The minimum atomic E-state index is -0.776. The molecule has 6 aliphatic rings. The summed E-state index contributed by atoms with van der Waals surface area (Å²) in [5.41, 5.74) is 3.92. The molecule has 5 fully saturated rings. The topological polar surface area (TPSA) is 86.1 Å². The van der Waals surface area contributed by atoms with Crippen molar-refractivity contribution in [3.8, 4) is 17.0 Å². The molecule has 2 bridgehead atoms. The van der Waals surface area contributed by atoms with Gasteiger partial charge in [-0.2, -0.15) is 0 Å². The normalized spacial score (nSPS) is 39.9. The van der Waals surface area contributed by atoms with E-state index in [9.17, 15) is 0 Å². The van der Waals surface area contributed by atoms with Gasteiger partial charge in [0.2, 0.25) is 5.79 Å². The Kier molecular flexibility index (Phi) is 5.68. The van der Waals surface area contributed by atoms with E-state index in [0.717, 1.165) is 54.8 Å². The molecule has 8 rings (SSSR count). The second-order valence-electron chi connectivity index (χ2n) is 11.8. The van der Waals surface area contributed by atoms with Gasteiger partial charge in [-0.15, -0.1) is 5.10 Å². The molecule has 1 aromatic carbocycles. The fraction of sp³-hybridized carbons (Fsp3) is 0.714. The van der Waals surface area contributed by atoms with Crippen molar-refractivity contribution in [1.29, 1.82) is 0 Å². The van der Waals surface area contributed by atoms with Gasteiger partial charge in [-0.05, 0) is 68.6 Å². The second kappa shape index (κ2) is 8.74. The highest BCUT2D eigenvalue weighted by Gasteiger charge is 2.69. The van der Waals surface area contributed by atoms with E-state index in [1.165, 1.54) is 12.0 Å². The van der Waals surface area contributed by atoms with E-state index >= 15 is 0 Å². The van der Waals surface area contributed by atoms with Crippen molar-refractivity contribution in [3.05, 3.63) is 29.5 Å². The summed E-state index contributed by atoms with van der Waals surface area (Å²) < 4.78 is 26.8. The number of aryl methyl sites for hydroxylation is 1. The number of benzene rings is 1. The van der Waals surface area contributed by atoms with Crippen LogP contribution in [0.15, 0.2) is 18.2 Å². The van der Waals surface area contributed by atoms with E-state index in [1.807, 2.05) is 17.7 Å². The number of methoxy groups -OCH3 is 1. The number of rotatable bonds is 5. The van der Waals surface area contributed by atoms with Gasteiger partial charge in [-0.1, -0.05) is 25.1 Å². The molecule has 5 heterocycles. The maximum absolute atomic E-state index is 6.55. The van der Waals surface area contributed by atoms with E-state index < -0.39 is 17.7 Å². The van der Waals surface area contributed by atoms with Crippen molar-refractivity contribution in [3.63, 3.8) is 0 Å². The van der Waals surface area contributed by atoms with Crippen LogP contribution in [-0.2, 0) is 43.4 Å². The fourth-order valence-electron chi connectivity index (χ4n) is 7.66. The summed E-state index contributed by atoms with van der Waals surface area (Å²) in [4.78, 5) is 12.2. The standard InChI is InChI=1S/C28H37N3O6/c1-16-5-9-22-17(2)25(34-26-28(22)21(16)11-12-27(3,35-26)36-37-28)33-14-13-31-23-10-7-18-6-8-19(32-4)15-20(18)24(23)29-30-31/h6,8,15-17,21-22,25-26H,5,7,9-14H2,1-4H3/t16-,17-,21+,22+,25?,26-,27-,28-/m1/s1. The Morgan fingerprint density at radius 1 is 1.11 bits per heavy atom. The zero-order chi connectivity index (χ0) is 25.4. The Bertz CT molecular complexity index is 1190. The van der Waals surface area contributed by atoms with Crippen molar-refractivity contribution in [2.45, 2.75) is 89.8 Å². The molecule has 2 aromatic rings. The summed E-state index contributed by atoms with van der Waals surface area (Å²) in [7, 11) is 1.69. The molecule has 1 spiro atoms. The van der Waals surface area contributed by atoms with Gasteiger partial charge in [0.15, 0.2) is 18.2 Å². The molecule has 200 valence electrons. The van der Waals surface area contributed by atoms with Gasteiger partial charge in [0.05, 0.1) is 26.0 Å². The van der Waals surface area contributed by atoms with Crippen LogP contribution in [0.1, 0.15) is 57.7 Å². The van der Waals surface area contributed by atoms with Crippen LogP contribution < -0.4 is 4.74 Å². The Morgan fingerprint density at radius 3 is 2.86 bits per heavy atom. The van der Waals surface area contributed by atoms with Gasteiger partial charge >= 0.3 is 0 Å². The van der Waals surface area contributed by atoms with Crippen molar-refractivity contribution < 1.29 is 28.7 Å². The summed E-state index contributed by atoms with van der Waals surface area (Å²) in [6, 6.07) is 6.19. The molecule has 4 saturated heterocycles. The summed E-state index contributed by atoms with van der Waals surface area (Å²) in [5, 5.41) is 8.99. The number of fused-ring (bicyclic) bond motifs is 5. The van der Waals surface area contributed by atoms with E-state index in [-0.39, 0.29) is 18.1 Å². The number of nitrogens with zero attached hydrogens (tertiary/aromatic N) is 3. The van der Waals surface area contributed by atoms with Crippen LogP contribution in [0, 0.1) is 23.7 Å². The number of hydrogen-bond donors (Lipinski definition) is 0. The molecule has 1 unspecified atom stereocenters. The van der Waals surface area contributed by atoms with Crippen molar-refractivity contribution >= 4 is 0 Å². The first kappa shape index (κ1) is 24.0. The van der Waals surface area contributed by atoms with Crippen LogP contribution in [0.2, 0.25) is 0 Å². The highest BCUT2D eigenvalue weighted by Crippen LogP contribution is 2.60.